The summed E-state index contributed by atoms with van der Waals surface area (Å²) in [5.74, 6) is -2.74. The first-order valence-electron chi connectivity index (χ1n) is 4.59. The summed E-state index contributed by atoms with van der Waals surface area (Å²) < 4.78 is 4.54. The molecule has 0 saturated heterocycles. The van der Waals surface area contributed by atoms with E-state index in [1.54, 1.807) is 20.8 Å². The van der Waals surface area contributed by atoms with E-state index in [0.29, 0.717) is 6.54 Å². The molecule has 0 aromatic heterocycles. The molecule has 0 aliphatic carbocycles. The second-order valence-corrected chi connectivity index (χ2v) is 3.16. The average Bonchev–Trinajstić information content (AvgIpc) is 2.14. The van der Waals surface area contributed by atoms with E-state index < -0.39 is 24.5 Å². The van der Waals surface area contributed by atoms with E-state index in [9.17, 15) is 14.4 Å². The highest BCUT2D eigenvalue weighted by molar-refractivity contribution is 6.33. The minimum absolute atomic E-state index is 0.0533. The Bertz CT molecular complexity index is 261. The first kappa shape index (κ1) is 13.4. The van der Waals surface area contributed by atoms with Crippen LogP contribution in [0, 0.1) is 0 Å². The number of carbonyl (C=O) groups is 3. The van der Waals surface area contributed by atoms with Gasteiger partial charge >= 0.3 is 12.1 Å². The van der Waals surface area contributed by atoms with Crippen molar-refractivity contribution in [2.75, 3.05) is 13.2 Å². The number of hydrogen-bond acceptors (Lipinski definition) is 4. The Balaban J connectivity index is 4.13. The van der Waals surface area contributed by atoms with E-state index >= 15 is 0 Å². The van der Waals surface area contributed by atoms with Crippen LogP contribution >= 0.6 is 0 Å². The molecule has 6 nitrogen and oxygen atoms in total. The topological polar surface area (TPSA) is 83.9 Å². The van der Waals surface area contributed by atoms with Crippen LogP contribution in [0.15, 0.2) is 0 Å². The molecule has 0 saturated carbocycles. The molecule has 0 spiro atoms. The number of carbonyl (C=O) groups excluding carboxylic acids is 2. The van der Waals surface area contributed by atoms with Gasteiger partial charge in [0.15, 0.2) is 6.61 Å². The Kier molecular flexibility index (Phi) is 5.36. The molecule has 0 atom stereocenters. The molecule has 1 N–H and O–H groups in total. The zero-order valence-electron chi connectivity index (χ0n) is 9.02. The molecule has 0 radical (unpaired) electrons. The Morgan fingerprint density at radius 3 is 2.20 bits per heavy atom. The van der Waals surface area contributed by atoms with Crippen molar-refractivity contribution in [1.29, 1.82) is 0 Å². The van der Waals surface area contributed by atoms with E-state index in [2.05, 4.69) is 4.74 Å². The van der Waals surface area contributed by atoms with Gasteiger partial charge in [-0.15, -0.1) is 0 Å². The van der Waals surface area contributed by atoms with Crippen molar-refractivity contribution in [3.63, 3.8) is 0 Å². The smallest absolute Gasteiger partial charge is 0.410 e. The van der Waals surface area contributed by atoms with Gasteiger partial charge in [-0.25, -0.2) is 9.59 Å². The summed E-state index contributed by atoms with van der Waals surface area (Å²) in [6.45, 7) is 5.07. The SMILES string of the molecule is CCN(C(=O)OCC(=O)C(=O)O)C(C)C. The molecule has 0 bridgehead atoms. The predicted octanol–water partition coefficient (Wildman–Crippen LogP) is 0.507. The van der Waals surface area contributed by atoms with Gasteiger partial charge in [0, 0.05) is 12.6 Å². The van der Waals surface area contributed by atoms with Crippen molar-refractivity contribution >= 4 is 17.8 Å². The summed E-state index contributed by atoms with van der Waals surface area (Å²) in [5.41, 5.74) is 0. The maximum Gasteiger partial charge on any atom is 0.410 e. The maximum atomic E-state index is 11.3. The van der Waals surface area contributed by atoms with Gasteiger partial charge in [-0.1, -0.05) is 0 Å². The van der Waals surface area contributed by atoms with Crippen LogP contribution in [0.1, 0.15) is 20.8 Å². The first-order chi connectivity index (χ1) is 6.90. The van der Waals surface area contributed by atoms with E-state index in [4.69, 9.17) is 5.11 Å². The van der Waals surface area contributed by atoms with Gasteiger partial charge in [0.05, 0.1) is 0 Å². The molecule has 15 heavy (non-hydrogen) atoms. The van der Waals surface area contributed by atoms with Crippen LogP contribution in [0.25, 0.3) is 0 Å². The summed E-state index contributed by atoms with van der Waals surface area (Å²) >= 11 is 0. The van der Waals surface area contributed by atoms with E-state index in [-0.39, 0.29) is 6.04 Å². The molecule has 0 aliphatic rings. The third-order valence-corrected chi connectivity index (χ3v) is 1.76. The van der Waals surface area contributed by atoms with Crippen LogP contribution in [0.5, 0.6) is 0 Å². The fraction of sp³-hybridized carbons (Fsp3) is 0.667. The molecule has 0 unspecified atom stereocenters. The molecular weight excluding hydrogens is 202 g/mol. The predicted molar refractivity (Wildman–Crippen MR) is 51.5 cm³/mol. The largest absolute Gasteiger partial charge is 0.475 e. The van der Waals surface area contributed by atoms with Crippen molar-refractivity contribution in [2.24, 2.45) is 0 Å². The lowest BCUT2D eigenvalue weighted by Crippen LogP contribution is -2.38. The molecular formula is C9H15NO5. The monoisotopic (exact) mass is 217 g/mol. The van der Waals surface area contributed by atoms with Gasteiger partial charge < -0.3 is 14.7 Å². The summed E-state index contributed by atoms with van der Waals surface area (Å²) in [5, 5.41) is 8.25. The van der Waals surface area contributed by atoms with Crippen molar-refractivity contribution in [1.82, 2.24) is 4.90 Å². The maximum absolute atomic E-state index is 11.3. The van der Waals surface area contributed by atoms with Crippen LogP contribution < -0.4 is 0 Å². The second-order valence-electron chi connectivity index (χ2n) is 3.16. The standard InChI is InChI=1S/C9H15NO5/c1-4-10(6(2)3)9(14)15-5-7(11)8(12)13/h6H,4-5H2,1-3H3,(H,12,13). The molecule has 0 rings (SSSR count). The highest BCUT2D eigenvalue weighted by atomic mass is 16.6. The number of ether oxygens (including phenoxy) is 1. The quantitative estimate of drug-likeness (QED) is 0.678. The first-order valence-corrected chi connectivity index (χ1v) is 4.59. The molecule has 1 amide bonds. The van der Waals surface area contributed by atoms with Crippen molar-refractivity contribution in [3.05, 3.63) is 0 Å². The molecule has 0 aliphatic heterocycles. The number of hydrogen-bond donors (Lipinski definition) is 1. The molecule has 6 heteroatoms. The summed E-state index contributed by atoms with van der Waals surface area (Å²) in [4.78, 5) is 33.4. The van der Waals surface area contributed by atoms with Crippen molar-refractivity contribution in [2.45, 2.75) is 26.8 Å². The van der Waals surface area contributed by atoms with Crippen LogP contribution in [0.2, 0.25) is 0 Å². The lowest BCUT2D eigenvalue weighted by molar-refractivity contribution is -0.150. The van der Waals surface area contributed by atoms with E-state index in [0.717, 1.165) is 0 Å². The Morgan fingerprint density at radius 2 is 1.87 bits per heavy atom. The Hall–Kier alpha value is -1.59. The van der Waals surface area contributed by atoms with Gasteiger partial charge in [0.25, 0.3) is 5.78 Å². The van der Waals surface area contributed by atoms with Gasteiger partial charge in [-0.3, -0.25) is 4.79 Å². The van der Waals surface area contributed by atoms with Crippen LogP contribution in [0.4, 0.5) is 4.79 Å². The second kappa shape index (κ2) is 6.00. The average molecular weight is 217 g/mol. The minimum atomic E-state index is -1.60. The lowest BCUT2D eigenvalue weighted by atomic mass is 10.3. The van der Waals surface area contributed by atoms with Crippen molar-refractivity contribution in [3.8, 4) is 0 Å². The molecule has 86 valence electrons. The number of ketones is 1. The highest BCUT2D eigenvalue weighted by Crippen LogP contribution is 2.00. The van der Waals surface area contributed by atoms with Crippen molar-refractivity contribution < 1.29 is 24.2 Å². The van der Waals surface area contributed by atoms with Crippen LogP contribution in [-0.2, 0) is 14.3 Å². The number of nitrogens with zero attached hydrogens (tertiary/aromatic N) is 1. The highest BCUT2D eigenvalue weighted by Gasteiger charge is 2.19. The normalized spacial score (nSPS) is 9.87. The molecule has 0 heterocycles. The number of carboxylic acid groups (broad SMARTS) is 1. The Labute approximate surface area is 87.8 Å². The molecule has 0 aromatic carbocycles. The lowest BCUT2D eigenvalue weighted by Gasteiger charge is -2.23. The summed E-state index contributed by atoms with van der Waals surface area (Å²) in [7, 11) is 0. The summed E-state index contributed by atoms with van der Waals surface area (Å²) in [6.07, 6.45) is -0.679. The third-order valence-electron chi connectivity index (χ3n) is 1.76. The van der Waals surface area contributed by atoms with Gasteiger partial charge in [-0.05, 0) is 20.8 Å². The van der Waals surface area contributed by atoms with E-state index in [1.165, 1.54) is 4.90 Å². The number of carboxylic acids is 1. The molecule has 0 aromatic rings. The van der Waals surface area contributed by atoms with Gasteiger partial charge in [0.2, 0.25) is 0 Å². The number of amides is 1. The summed E-state index contributed by atoms with van der Waals surface area (Å²) in [6, 6.07) is -0.0533. The molecule has 0 fully saturated rings. The zero-order chi connectivity index (χ0) is 12.0. The zero-order valence-corrected chi connectivity index (χ0v) is 9.02. The number of aliphatic carboxylic acids is 1. The fourth-order valence-corrected chi connectivity index (χ4v) is 0.977. The minimum Gasteiger partial charge on any atom is -0.475 e. The van der Waals surface area contributed by atoms with Crippen LogP contribution in [0.3, 0.4) is 0 Å². The van der Waals surface area contributed by atoms with Crippen LogP contribution in [-0.4, -0.2) is 47.0 Å². The van der Waals surface area contributed by atoms with E-state index in [1.807, 2.05) is 0 Å². The number of rotatable bonds is 5. The Morgan fingerprint density at radius 1 is 1.33 bits per heavy atom. The third kappa shape index (κ3) is 4.44. The van der Waals surface area contributed by atoms with Gasteiger partial charge in [0.1, 0.15) is 0 Å². The van der Waals surface area contributed by atoms with Gasteiger partial charge in [-0.2, -0.15) is 0 Å². The fourth-order valence-electron chi connectivity index (χ4n) is 0.977. The number of Topliss-reactive ketones (excluding diaryl/α,β-unsaturated/α-hetero) is 1.